The van der Waals surface area contributed by atoms with Crippen LogP contribution in [-0.4, -0.2) is 23.9 Å². The Labute approximate surface area is 299 Å². The number of nitrogens with zero attached hydrogens (tertiary/aromatic N) is 5. The maximum atomic E-state index is 5.22. The maximum Gasteiger partial charge on any atom is 0.238 e. The van der Waals surface area contributed by atoms with Gasteiger partial charge in [-0.05, 0) is 34.7 Å². The Bertz CT molecular complexity index is 3030. The molecule has 0 N–H and O–H groups in total. The zero-order chi connectivity index (χ0) is 34.2. The molecule has 4 heterocycles. The van der Waals surface area contributed by atoms with Crippen molar-refractivity contribution in [2.45, 2.75) is 0 Å². The molecule has 242 valence electrons. The zero-order valence-corrected chi connectivity index (χ0v) is 28.0. The number of hydrogen-bond acceptors (Lipinski definition) is 3. The zero-order valence-electron chi connectivity index (χ0n) is 28.0. The molecule has 7 aromatic carbocycles. The van der Waals surface area contributed by atoms with E-state index in [0.717, 1.165) is 27.7 Å². The lowest BCUT2D eigenvalue weighted by atomic mass is 9.97. The van der Waals surface area contributed by atoms with Crippen LogP contribution in [0, 0.1) is 0 Å². The minimum atomic E-state index is 0.586. The van der Waals surface area contributed by atoms with E-state index in [1.54, 1.807) is 0 Å². The molecule has 4 aromatic heterocycles. The van der Waals surface area contributed by atoms with E-state index < -0.39 is 0 Å². The SMILES string of the molecule is c1ccc(-c2nc(-c3ccccc3)nc(-n3c4cccc5c6ccccc6n6c(-c7ccccc7)c(-c7ccccc7)c7ccc3c(c54)c76)n2)cc1. The Hall–Kier alpha value is -7.11. The molecule has 0 saturated carbocycles. The summed E-state index contributed by atoms with van der Waals surface area (Å²) in [5.41, 5.74) is 11.1. The van der Waals surface area contributed by atoms with Crippen molar-refractivity contribution < 1.29 is 0 Å². The second-order valence-electron chi connectivity index (χ2n) is 13.2. The molecule has 0 atom stereocenters. The molecule has 5 nitrogen and oxygen atoms in total. The minimum Gasteiger partial charge on any atom is -0.307 e. The number of hydrogen-bond donors (Lipinski definition) is 0. The fourth-order valence-electron chi connectivity index (χ4n) is 8.16. The van der Waals surface area contributed by atoms with Gasteiger partial charge in [0.25, 0.3) is 0 Å². The molecule has 0 aliphatic carbocycles. The summed E-state index contributed by atoms with van der Waals surface area (Å²) >= 11 is 0. The van der Waals surface area contributed by atoms with Gasteiger partial charge >= 0.3 is 0 Å². The van der Waals surface area contributed by atoms with Crippen LogP contribution in [0.15, 0.2) is 176 Å². The molecule has 0 spiro atoms. The highest BCUT2D eigenvalue weighted by Crippen LogP contribution is 2.48. The van der Waals surface area contributed by atoms with Crippen LogP contribution in [-0.2, 0) is 0 Å². The van der Waals surface area contributed by atoms with E-state index >= 15 is 0 Å². The molecule has 5 heteroatoms. The topological polar surface area (TPSA) is 48.0 Å². The summed E-state index contributed by atoms with van der Waals surface area (Å²) in [6.45, 7) is 0. The first kappa shape index (κ1) is 28.7. The van der Waals surface area contributed by atoms with Gasteiger partial charge in [0.2, 0.25) is 5.95 Å². The van der Waals surface area contributed by atoms with Crippen LogP contribution < -0.4 is 0 Å². The van der Waals surface area contributed by atoms with Crippen LogP contribution in [0.2, 0.25) is 0 Å². The van der Waals surface area contributed by atoms with Crippen molar-refractivity contribution >= 4 is 49.0 Å². The van der Waals surface area contributed by atoms with Crippen molar-refractivity contribution in [1.29, 1.82) is 0 Å². The average molecular weight is 664 g/mol. The van der Waals surface area contributed by atoms with Gasteiger partial charge in [0.15, 0.2) is 11.6 Å². The highest BCUT2D eigenvalue weighted by molar-refractivity contribution is 6.32. The van der Waals surface area contributed by atoms with E-state index in [4.69, 9.17) is 15.0 Å². The van der Waals surface area contributed by atoms with E-state index in [1.165, 1.54) is 54.8 Å². The second kappa shape index (κ2) is 11.2. The van der Waals surface area contributed by atoms with Gasteiger partial charge in [-0.3, -0.25) is 4.57 Å². The van der Waals surface area contributed by atoms with Gasteiger partial charge in [-0.15, -0.1) is 0 Å². The molecule has 11 rings (SSSR count). The Morgan fingerprint density at radius 3 is 1.52 bits per heavy atom. The second-order valence-corrected chi connectivity index (χ2v) is 13.2. The van der Waals surface area contributed by atoms with Crippen molar-refractivity contribution in [1.82, 2.24) is 23.9 Å². The van der Waals surface area contributed by atoms with Crippen molar-refractivity contribution in [2.75, 3.05) is 0 Å². The molecule has 0 saturated heterocycles. The molecule has 52 heavy (non-hydrogen) atoms. The molecule has 0 fully saturated rings. The lowest BCUT2D eigenvalue weighted by molar-refractivity contribution is 0.954. The molecular weight excluding hydrogens is 635 g/mol. The van der Waals surface area contributed by atoms with Gasteiger partial charge in [0, 0.05) is 38.2 Å². The predicted octanol–water partition coefficient (Wildman–Crippen LogP) is 11.6. The first-order valence-electron chi connectivity index (χ1n) is 17.6. The molecule has 0 unspecified atom stereocenters. The Morgan fingerprint density at radius 1 is 0.346 bits per heavy atom. The van der Waals surface area contributed by atoms with Crippen molar-refractivity contribution in [3.8, 4) is 51.1 Å². The largest absolute Gasteiger partial charge is 0.307 e. The minimum absolute atomic E-state index is 0.586. The van der Waals surface area contributed by atoms with Gasteiger partial charge in [0.05, 0.1) is 27.8 Å². The predicted molar refractivity (Wildman–Crippen MR) is 213 cm³/mol. The van der Waals surface area contributed by atoms with E-state index in [0.29, 0.717) is 17.6 Å². The van der Waals surface area contributed by atoms with Gasteiger partial charge in [0.1, 0.15) is 0 Å². The summed E-state index contributed by atoms with van der Waals surface area (Å²) in [7, 11) is 0. The molecular formula is C47H29N5. The van der Waals surface area contributed by atoms with Crippen LogP contribution in [0.25, 0.3) is 100 Å². The first-order chi connectivity index (χ1) is 25.8. The molecule has 0 aliphatic heterocycles. The highest BCUT2D eigenvalue weighted by atomic mass is 15.2. The van der Waals surface area contributed by atoms with Gasteiger partial charge < -0.3 is 4.40 Å². The Balaban J connectivity index is 1.36. The fraction of sp³-hybridized carbons (Fsp3) is 0. The number of rotatable bonds is 5. The van der Waals surface area contributed by atoms with Crippen LogP contribution >= 0.6 is 0 Å². The van der Waals surface area contributed by atoms with Gasteiger partial charge in [-0.25, -0.2) is 4.98 Å². The average Bonchev–Trinajstić information content (AvgIpc) is 3.71. The van der Waals surface area contributed by atoms with Crippen LogP contribution in [0.1, 0.15) is 0 Å². The Morgan fingerprint density at radius 2 is 0.865 bits per heavy atom. The summed E-state index contributed by atoms with van der Waals surface area (Å²) in [5, 5.41) is 5.95. The number of benzene rings is 7. The smallest absolute Gasteiger partial charge is 0.238 e. The van der Waals surface area contributed by atoms with E-state index in [-0.39, 0.29) is 0 Å². The first-order valence-corrected chi connectivity index (χ1v) is 17.6. The fourth-order valence-corrected chi connectivity index (χ4v) is 8.16. The van der Waals surface area contributed by atoms with Crippen LogP contribution in [0.4, 0.5) is 0 Å². The number of aromatic nitrogens is 5. The van der Waals surface area contributed by atoms with E-state index in [2.05, 4.69) is 148 Å². The third-order valence-corrected chi connectivity index (χ3v) is 10.3. The summed E-state index contributed by atoms with van der Waals surface area (Å²) in [6.07, 6.45) is 0. The summed E-state index contributed by atoms with van der Waals surface area (Å²) in [6, 6.07) is 61.9. The van der Waals surface area contributed by atoms with Crippen LogP contribution in [0.5, 0.6) is 0 Å². The lowest BCUT2D eigenvalue weighted by Crippen LogP contribution is -2.06. The Kier molecular flexibility index (Phi) is 6.18. The quantitative estimate of drug-likeness (QED) is 0.184. The molecule has 11 aromatic rings. The monoisotopic (exact) mass is 663 g/mol. The normalized spacial score (nSPS) is 11.8. The summed E-state index contributed by atoms with van der Waals surface area (Å²) in [4.78, 5) is 15.4. The molecule has 0 radical (unpaired) electrons. The van der Waals surface area contributed by atoms with Crippen molar-refractivity contribution in [2.24, 2.45) is 0 Å². The molecule has 0 bridgehead atoms. The van der Waals surface area contributed by atoms with E-state index in [1.807, 2.05) is 36.4 Å². The van der Waals surface area contributed by atoms with Crippen LogP contribution in [0.3, 0.4) is 0 Å². The molecule has 0 aliphatic rings. The van der Waals surface area contributed by atoms with E-state index in [9.17, 15) is 0 Å². The number of para-hydroxylation sites is 1. The summed E-state index contributed by atoms with van der Waals surface area (Å²) in [5.74, 6) is 1.85. The van der Waals surface area contributed by atoms with Crippen molar-refractivity contribution in [3.05, 3.63) is 176 Å². The highest BCUT2D eigenvalue weighted by Gasteiger charge is 2.27. The molecule has 0 amide bonds. The summed E-state index contributed by atoms with van der Waals surface area (Å²) < 4.78 is 4.75. The standard InChI is InChI=1S/C47H29N5/c1-5-16-30(17-6-1)40-36-28-29-39-42-41-35(34-24-13-14-26-37(34)52(44(36)42)43(40)31-18-7-2-8-19-31)25-15-27-38(41)51(39)47-49-45(32-20-9-3-10-21-32)48-46(50-47)33-22-11-4-12-23-33/h1-29H. The van der Waals surface area contributed by atoms with Gasteiger partial charge in [-0.2, -0.15) is 9.97 Å². The third kappa shape index (κ3) is 4.14. The lowest BCUT2D eigenvalue weighted by Gasteiger charge is -2.11. The third-order valence-electron chi connectivity index (χ3n) is 10.3. The van der Waals surface area contributed by atoms with Crippen molar-refractivity contribution in [3.63, 3.8) is 0 Å². The maximum absolute atomic E-state index is 5.22. The number of fused-ring (bicyclic) bond motifs is 3. The van der Waals surface area contributed by atoms with Gasteiger partial charge in [-0.1, -0.05) is 158 Å².